The van der Waals surface area contributed by atoms with Crippen molar-refractivity contribution in [2.75, 3.05) is 40.0 Å². The van der Waals surface area contributed by atoms with Gasteiger partial charge in [0.1, 0.15) is 0 Å². The molecular weight excluding hydrogens is 262 g/mol. The minimum atomic E-state index is 0.626. The number of hydrogen-bond donors (Lipinski definition) is 1. The van der Waals surface area contributed by atoms with Crippen molar-refractivity contribution >= 4 is 0 Å². The lowest BCUT2D eigenvalue weighted by molar-refractivity contribution is 0.0636. The van der Waals surface area contributed by atoms with Crippen LogP contribution < -0.4 is 5.32 Å². The van der Waals surface area contributed by atoms with Crippen LogP contribution in [0.15, 0.2) is 24.3 Å². The lowest BCUT2D eigenvalue weighted by Gasteiger charge is -2.18. The molecule has 1 aromatic carbocycles. The largest absolute Gasteiger partial charge is 0.382 e. The molecule has 1 rings (SSSR count). The fourth-order valence-electron chi connectivity index (χ4n) is 2.43. The SMILES string of the molecule is CCCNCC(CCOCCOC)Cc1cccc(C)c1. The summed E-state index contributed by atoms with van der Waals surface area (Å²) in [7, 11) is 1.71. The van der Waals surface area contributed by atoms with E-state index in [0.29, 0.717) is 19.1 Å². The van der Waals surface area contributed by atoms with Crippen LogP contribution >= 0.6 is 0 Å². The Hall–Kier alpha value is -0.900. The Bertz CT molecular complexity index is 368. The predicted octanol–water partition coefficient (Wildman–Crippen LogP) is 3.21. The number of benzene rings is 1. The molecule has 0 saturated carbocycles. The van der Waals surface area contributed by atoms with Crippen molar-refractivity contribution in [3.8, 4) is 0 Å². The van der Waals surface area contributed by atoms with Gasteiger partial charge in [0.2, 0.25) is 0 Å². The highest BCUT2D eigenvalue weighted by Crippen LogP contribution is 2.13. The number of hydrogen-bond acceptors (Lipinski definition) is 3. The molecule has 0 bridgehead atoms. The highest BCUT2D eigenvalue weighted by atomic mass is 16.5. The Balaban J connectivity index is 2.39. The highest BCUT2D eigenvalue weighted by molar-refractivity contribution is 5.22. The molecule has 0 aliphatic heterocycles. The summed E-state index contributed by atoms with van der Waals surface area (Å²) in [6, 6.07) is 8.82. The van der Waals surface area contributed by atoms with Crippen molar-refractivity contribution in [3.05, 3.63) is 35.4 Å². The van der Waals surface area contributed by atoms with Gasteiger partial charge in [0, 0.05) is 13.7 Å². The minimum absolute atomic E-state index is 0.626. The third-order valence-corrected chi connectivity index (χ3v) is 3.57. The van der Waals surface area contributed by atoms with Crippen molar-refractivity contribution in [2.24, 2.45) is 5.92 Å². The van der Waals surface area contributed by atoms with Crippen LogP contribution in [0.2, 0.25) is 0 Å². The quantitative estimate of drug-likeness (QED) is 0.600. The van der Waals surface area contributed by atoms with E-state index in [-0.39, 0.29) is 0 Å². The van der Waals surface area contributed by atoms with Crippen LogP contribution in [0.1, 0.15) is 30.9 Å². The molecule has 3 heteroatoms. The Morgan fingerprint density at radius 2 is 2.05 bits per heavy atom. The fraction of sp³-hybridized carbons (Fsp3) is 0.667. The zero-order valence-electron chi connectivity index (χ0n) is 13.9. The lowest BCUT2D eigenvalue weighted by Crippen LogP contribution is -2.26. The summed E-state index contributed by atoms with van der Waals surface area (Å²) in [5.41, 5.74) is 2.76. The van der Waals surface area contributed by atoms with Gasteiger partial charge in [-0.2, -0.15) is 0 Å². The van der Waals surface area contributed by atoms with Gasteiger partial charge in [0.15, 0.2) is 0 Å². The summed E-state index contributed by atoms with van der Waals surface area (Å²) in [5.74, 6) is 0.626. The molecule has 120 valence electrons. The second-order valence-electron chi connectivity index (χ2n) is 5.66. The Kier molecular flexibility index (Phi) is 10.1. The van der Waals surface area contributed by atoms with Crippen molar-refractivity contribution in [3.63, 3.8) is 0 Å². The van der Waals surface area contributed by atoms with Crippen molar-refractivity contribution < 1.29 is 9.47 Å². The first-order valence-corrected chi connectivity index (χ1v) is 8.09. The van der Waals surface area contributed by atoms with E-state index in [9.17, 15) is 0 Å². The molecule has 0 heterocycles. The summed E-state index contributed by atoms with van der Waals surface area (Å²) >= 11 is 0. The minimum Gasteiger partial charge on any atom is -0.382 e. The molecule has 0 amide bonds. The van der Waals surface area contributed by atoms with Gasteiger partial charge in [-0.1, -0.05) is 36.8 Å². The van der Waals surface area contributed by atoms with E-state index in [1.165, 1.54) is 17.5 Å². The van der Waals surface area contributed by atoms with Crippen LogP contribution in [0.4, 0.5) is 0 Å². The third-order valence-electron chi connectivity index (χ3n) is 3.57. The van der Waals surface area contributed by atoms with Gasteiger partial charge >= 0.3 is 0 Å². The maximum absolute atomic E-state index is 5.62. The second-order valence-corrected chi connectivity index (χ2v) is 5.66. The predicted molar refractivity (Wildman–Crippen MR) is 88.8 cm³/mol. The van der Waals surface area contributed by atoms with E-state index in [4.69, 9.17) is 9.47 Å². The van der Waals surface area contributed by atoms with Crippen LogP contribution in [-0.4, -0.2) is 40.0 Å². The standard InChI is InChI=1S/C18H31NO2/c1-4-9-19-15-18(8-10-21-12-11-20-3)14-17-7-5-6-16(2)13-17/h5-7,13,18-19H,4,8-12,14-15H2,1-3H3. The van der Waals surface area contributed by atoms with E-state index in [0.717, 1.165) is 32.5 Å². The molecule has 0 aliphatic carbocycles. The van der Waals surface area contributed by atoms with Gasteiger partial charge in [-0.3, -0.25) is 0 Å². The van der Waals surface area contributed by atoms with Gasteiger partial charge in [-0.25, -0.2) is 0 Å². The third kappa shape index (κ3) is 8.86. The Morgan fingerprint density at radius 1 is 1.19 bits per heavy atom. The molecule has 0 aromatic heterocycles. The molecule has 1 unspecified atom stereocenters. The molecule has 1 atom stereocenters. The number of aryl methyl sites for hydroxylation is 1. The highest BCUT2D eigenvalue weighted by Gasteiger charge is 2.10. The number of rotatable bonds is 12. The first kappa shape index (κ1) is 18.1. The Morgan fingerprint density at radius 3 is 2.76 bits per heavy atom. The van der Waals surface area contributed by atoms with E-state index in [2.05, 4.69) is 43.4 Å². The van der Waals surface area contributed by atoms with Crippen molar-refractivity contribution in [1.29, 1.82) is 0 Å². The number of nitrogens with one attached hydrogen (secondary N) is 1. The second kappa shape index (κ2) is 11.7. The normalized spacial score (nSPS) is 12.5. The summed E-state index contributed by atoms with van der Waals surface area (Å²) in [6.07, 6.45) is 3.39. The molecule has 3 nitrogen and oxygen atoms in total. The van der Waals surface area contributed by atoms with E-state index in [1.54, 1.807) is 7.11 Å². The van der Waals surface area contributed by atoms with E-state index < -0.39 is 0 Å². The Labute approximate surface area is 130 Å². The molecule has 0 spiro atoms. The molecule has 0 radical (unpaired) electrons. The van der Waals surface area contributed by atoms with E-state index in [1.807, 2.05) is 0 Å². The zero-order chi connectivity index (χ0) is 15.3. The number of ether oxygens (including phenoxy) is 2. The van der Waals surface area contributed by atoms with Crippen molar-refractivity contribution in [2.45, 2.75) is 33.1 Å². The van der Waals surface area contributed by atoms with Crippen LogP contribution in [0, 0.1) is 12.8 Å². The van der Waals surface area contributed by atoms with Gasteiger partial charge in [0.05, 0.1) is 13.2 Å². The summed E-state index contributed by atoms with van der Waals surface area (Å²) in [4.78, 5) is 0. The average Bonchev–Trinajstić information content (AvgIpc) is 2.47. The zero-order valence-corrected chi connectivity index (χ0v) is 13.9. The molecule has 0 aliphatic rings. The molecule has 1 aromatic rings. The summed E-state index contributed by atoms with van der Waals surface area (Å²) in [6.45, 7) is 8.70. The maximum atomic E-state index is 5.62. The molecule has 21 heavy (non-hydrogen) atoms. The first-order chi connectivity index (χ1) is 10.3. The van der Waals surface area contributed by atoms with Crippen LogP contribution in [0.25, 0.3) is 0 Å². The summed E-state index contributed by atoms with van der Waals surface area (Å²) < 4.78 is 10.6. The van der Waals surface area contributed by atoms with Gasteiger partial charge in [0.25, 0.3) is 0 Å². The van der Waals surface area contributed by atoms with Crippen molar-refractivity contribution in [1.82, 2.24) is 5.32 Å². The van der Waals surface area contributed by atoms with Crippen LogP contribution in [-0.2, 0) is 15.9 Å². The summed E-state index contributed by atoms with van der Waals surface area (Å²) in [5, 5.41) is 3.54. The first-order valence-electron chi connectivity index (χ1n) is 8.09. The van der Waals surface area contributed by atoms with E-state index >= 15 is 0 Å². The number of methoxy groups -OCH3 is 1. The topological polar surface area (TPSA) is 30.5 Å². The van der Waals surface area contributed by atoms with Crippen LogP contribution in [0.3, 0.4) is 0 Å². The average molecular weight is 293 g/mol. The smallest absolute Gasteiger partial charge is 0.0700 e. The molecule has 0 saturated heterocycles. The lowest BCUT2D eigenvalue weighted by atomic mass is 9.95. The van der Waals surface area contributed by atoms with Gasteiger partial charge in [-0.05, 0) is 50.8 Å². The molecule has 1 N–H and O–H groups in total. The maximum Gasteiger partial charge on any atom is 0.0700 e. The van der Waals surface area contributed by atoms with Gasteiger partial charge < -0.3 is 14.8 Å². The van der Waals surface area contributed by atoms with Gasteiger partial charge in [-0.15, -0.1) is 0 Å². The fourth-order valence-corrected chi connectivity index (χ4v) is 2.43. The van der Waals surface area contributed by atoms with Crippen LogP contribution in [0.5, 0.6) is 0 Å². The molecular formula is C18H31NO2. The molecule has 0 fully saturated rings. The monoisotopic (exact) mass is 293 g/mol.